The van der Waals surface area contributed by atoms with Crippen molar-refractivity contribution < 1.29 is 13.2 Å². The smallest absolute Gasteiger partial charge is 0.190 e. The van der Waals surface area contributed by atoms with Gasteiger partial charge in [-0.3, -0.25) is 0 Å². The molecule has 1 saturated heterocycles. The molecular formula is C14H16ClN3O3S3. The first kappa shape index (κ1) is 17.7. The van der Waals surface area contributed by atoms with Gasteiger partial charge in [-0.15, -0.1) is 11.6 Å². The molecule has 0 amide bonds. The Morgan fingerprint density at radius 2 is 2.29 bits per heavy atom. The molecule has 0 aliphatic carbocycles. The molecular weight excluding hydrogens is 390 g/mol. The maximum Gasteiger partial charge on any atom is 0.190 e. The second kappa shape index (κ2) is 6.99. The number of nitrogens with zero attached hydrogens (tertiary/aromatic N) is 1. The van der Waals surface area contributed by atoms with E-state index in [-0.39, 0.29) is 11.5 Å². The van der Waals surface area contributed by atoms with Crippen LogP contribution < -0.4 is 15.4 Å². The van der Waals surface area contributed by atoms with Gasteiger partial charge in [0.1, 0.15) is 5.75 Å². The molecule has 1 aromatic heterocycles. The van der Waals surface area contributed by atoms with Crippen LogP contribution in [0.25, 0.3) is 10.2 Å². The molecule has 2 N–H and O–H groups in total. The van der Waals surface area contributed by atoms with Gasteiger partial charge < -0.3 is 15.4 Å². The molecule has 2 unspecified atom stereocenters. The lowest BCUT2D eigenvalue weighted by atomic mass is 10.3. The Labute approximate surface area is 154 Å². The zero-order chi connectivity index (χ0) is 17.3. The number of benzene rings is 1. The molecule has 6 nitrogen and oxygen atoms in total. The molecule has 0 saturated carbocycles. The van der Waals surface area contributed by atoms with Crippen LogP contribution in [0.3, 0.4) is 0 Å². The highest BCUT2D eigenvalue weighted by Gasteiger charge is 2.36. The van der Waals surface area contributed by atoms with Crippen LogP contribution in [0.5, 0.6) is 5.75 Å². The summed E-state index contributed by atoms with van der Waals surface area (Å²) < 4.78 is 29.6. The third kappa shape index (κ3) is 4.08. The van der Waals surface area contributed by atoms with Crippen LogP contribution in [0, 0.1) is 0 Å². The van der Waals surface area contributed by atoms with E-state index in [0.29, 0.717) is 16.9 Å². The number of thiocarbonyl (C=S) groups is 1. The molecule has 0 radical (unpaired) electrons. The second-order valence-corrected chi connectivity index (χ2v) is 9.53. The van der Waals surface area contributed by atoms with Crippen LogP contribution in [0.1, 0.15) is 6.92 Å². The zero-order valence-corrected chi connectivity index (χ0v) is 16.0. The number of rotatable bonds is 4. The van der Waals surface area contributed by atoms with Crippen molar-refractivity contribution in [3.05, 3.63) is 18.2 Å². The number of hydrogen-bond donors (Lipinski definition) is 2. The number of ether oxygens (including phenoxy) is 1. The summed E-state index contributed by atoms with van der Waals surface area (Å²) in [6.07, 6.45) is 0. The Morgan fingerprint density at radius 1 is 1.50 bits per heavy atom. The van der Waals surface area contributed by atoms with E-state index in [1.54, 1.807) is 0 Å². The van der Waals surface area contributed by atoms with Crippen molar-refractivity contribution >= 4 is 65.5 Å². The van der Waals surface area contributed by atoms with Crippen molar-refractivity contribution in [1.82, 2.24) is 10.3 Å². The molecule has 1 fully saturated rings. The predicted molar refractivity (Wildman–Crippen MR) is 102 cm³/mol. The summed E-state index contributed by atoms with van der Waals surface area (Å²) in [5, 5.41) is 6.40. The molecule has 1 aliphatic heterocycles. The van der Waals surface area contributed by atoms with Gasteiger partial charge in [0.25, 0.3) is 0 Å². The van der Waals surface area contributed by atoms with Gasteiger partial charge in [-0.25, -0.2) is 13.4 Å². The summed E-state index contributed by atoms with van der Waals surface area (Å²) in [6, 6.07) is 5.29. The molecule has 2 atom stereocenters. The van der Waals surface area contributed by atoms with E-state index in [1.807, 2.05) is 25.1 Å². The van der Waals surface area contributed by atoms with Crippen molar-refractivity contribution in [3.8, 4) is 5.75 Å². The first-order chi connectivity index (χ1) is 11.4. The number of aromatic nitrogens is 1. The average Bonchev–Trinajstić information content (AvgIpc) is 2.98. The Bertz CT molecular complexity index is 869. The minimum atomic E-state index is -3.10. The Hall–Kier alpha value is -1.16. The number of sulfone groups is 1. The molecule has 3 rings (SSSR count). The minimum absolute atomic E-state index is 0.0133. The van der Waals surface area contributed by atoms with E-state index in [4.69, 9.17) is 28.6 Å². The largest absolute Gasteiger partial charge is 0.494 e. The minimum Gasteiger partial charge on any atom is -0.494 e. The van der Waals surface area contributed by atoms with Gasteiger partial charge in [0.15, 0.2) is 20.1 Å². The number of thiazole rings is 1. The van der Waals surface area contributed by atoms with E-state index in [1.165, 1.54) is 11.3 Å². The van der Waals surface area contributed by atoms with E-state index < -0.39 is 21.3 Å². The van der Waals surface area contributed by atoms with Crippen LogP contribution >= 0.6 is 35.2 Å². The van der Waals surface area contributed by atoms with E-state index in [2.05, 4.69) is 15.6 Å². The van der Waals surface area contributed by atoms with Gasteiger partial charge in [-0.2, -0.15) is 0 Å². The van der Waals surface area contributed by atoms with Crippen molar-refractivity contribution in [1.29, 1.82) is 0 Å². The summed E-state index contributed by atoms with van der Waals surface area (Å²) in [4.78, 5) is 4.45. The van der Waals surface area contributed by atoms with E-state index >= 15 is 0 Å². The van der Waals surface area contributed by atoms with E-state index in [9.17, 15) is 8.42 Å². The Balaban J connectivity index is 1.67. The van der Waals surface area contributed by atoms with Gasteiger partial charge in [-0.05, 0) is 37.3 Å². The normalized spacial score (nSPS) is 22.4. The van der Waals surface area contributed by atoms with Crippen LogP contribution in [-0.2, 0) is 9.84 Å². The number of fused-ring (bicyclic) bond motifs is 1. The third-order valence-electron chi connectivity index (χ3n) is 3.49. The van der Waals surface area contributed by atoms with Gasteiger partial charge in [0, 0.05) is 0 Å². The average molecular weight is 406 g/mol. The van der Waals surface area contributed by atoms with Crippen molar-refractivity contribution in [2.45, 2.75) is 18.3 Å². The van der Waals surface area contributed by atoms with E-state index in [0.717, 1.165) is 16.0 Å². The highest BCUT2D eigenvalue weighted by Crippen LogP contribution is 2.29. The Morgan fingerprint density at radius 3 is 2.96 bits per heavy atom. The van der Waals surface area contributed by atoms with Gasteiger partial charge in [-0.1, -0.05) is 11.3 Å². The number of hydrogen-bond acceptors (Lipinski definition) is 6. The number of halogens is 1. The molecule has 2 aromatic rings. The summed E-state index contributed by atoms with van der Waals surface area (Å²) in [7, 11) is -3.10. The number of nitrogens with one attached hydrogen (secondary N) is 2. The van der Waals surface area contributed by atoms with Gasteiger partial charge in [0.2, 0.25) is 0 Å². The lowest BCUT2D eigenvalue weighted by Crippen LogP contribution is -2.42. The van der Waals surface area contributed by atoms with Crippen molar-refractivity contribution in [2.75, 3.05) is 23.4 Å². The van der Waals surface area contributed by atoms with Crippen LogP contribution in [0.2, 0.25) is 0 Å². The highest BCUT2D eigenvalue weighted by molar-refractivity contribution is 7.91. The van der Waals surface area contributed by atoms with Crippen LogP contribution in [-0.4, -0.2) is 48.0 Å². The third-order valence-corrected chi connectivity index (χ3v) is 7.02. The standard InChI is InChI=1S/C14H16ClN3O3S3/c1-2-21-8-3-4-10-12(5-8)23-14(17-10)18-13(22)16-11-7-24(19,20)6-9(11)15/h3-5,9,11H,2,6-7H2,1H3,(H2,16,17,18,22). The lowest BCUT2D eigenvalue weighted by molar-refractivity contribution is 0.341. The molecule has 10 heteroatoms. The Kier molecular flexibility index (Phi) is 5.14. The fraction of sp³-hybridized carbons (Fsp3) is 0.429. The molecule has 1 aliphatic rings. The van der Waals surface area contributed by atoms with Crippen molar-refractivity contribution in [2.24, 2.45) is 0 Å². The quantitative estimate of drug-likeness (QED) is 0.597. The molecule has 1 aromatic carbocycles. The molecule has 0 spiro atoms. The molecule has 0 bridgehead atoms. The summed E-state index contributed by atoms with van der Waals surface area (Å²) in [5.41, 5.74) is 0.840. The first-order valence-corrected chi connectivity index (χ1v) is 10.8. The summed E-state index contributed by atoms with van der Waals surface area (Å²) in [5.74, 6) is 0.749. The summed E-state index contributed by atoms with van der Waals surface area (Å²) >= 11 is 12.7. The first-order valence-electron chi connectivity index (χ1n) is 7.31. The maximum absolute atomic E-state index is 11.6. The van der Waals surface area contributed by atoms with Crippen LogP contribution in [0.15, 0.2) is 18.2 Å². The molecule has 24 heavy (non-hydrogen) atoms. The predicted octanol–water partition coefficient (Wildman–Crippen LogP) is 2.39. The monoisotopic (exact) mass is 405 g/mol. The lowest BCUT2D eigenvalue weighted by Gasteiger charge is -2.16. The maximum atomic E-state index is 11.6. The highest BCUT2D eigenvalue weighted by atomic mass is 35.5. The zero-order valence-electron chi connectivity index (χ0n) is 12.8. The molecule has 130 valence electrons. The fourth-order valence-corrected chi connectivity index (χ4v) is 6.21. The van der Waals surface area contributed by atoms with Crippen LogP contribution in [0.4, 0.5) is 5.13 Å². The number of alkyl halides is 1. The fourth-order valence-electron chi connectivity index (χ4n) is 2.45. The van der Waals surface area contributed by atoms with Crippen molar-refractivity contribution in [3.63, 3.8) is 0 Å². The van der Waals surface area contributed by atoms with Gasteiger partial charge >= 0.3 is 0 Å². The SMILES string of the molecule is CCOc1ccc2nc(NC(=S)NC3CS(=O)(=O)CC3Cl)sc2c1. The topological polar surface area (TPSA) is 80.3 Å². The molecule has 2 heterocycles. The number of anilines is 1. The second-order valence-electron chi connectivity index (χ2n) is 5.38. The van der Waals surface area contributed by atoms with Gasteiger partial charge in [0.05, 0.1) is 39.7 Å². The summed E-state index contributed by atoms with van der Waals surface area (Å²) in [6.45, 7) is 2.54.